The summed E-state index contributed by atoms with van der Waals surface area (Å²) < 4.78 is 1.85. The normalized spacial score (nSPS) is 17.8. The molecule has 4 amide bonds. The van der Waals surface area contributed by atoms with Crippen molar-refractivity contribution in [2.45, 2.75) is 70.9 Å². The summed E-state index contributed by atoms with van der Waals surface area (Å²) in [5, 5.41) is 13.8. The molecule has 8 nitrogen and oxygen atoms in total. The van der Waals surface area contributed by atoms with Gasteiger partial charge >= 0.3 is 12.1 Å². The Morgan fingerprint density at radius 1 is 0.938 bits per heavy atom. The molecule has 4 rings (SSSR count). The summed E-state index contributed by atoms with van der Waals surface area (Å²) >= 11 is 0. The lowest BCUT2D eigenvalue weighted by Crippen LogP contribution is -2.51. The smallest absolute Gasteiger partial charge is 0.321 e. The number of carbonyl (C=O) groups is 2. The van der Waals surface area contributed by atoms with Gasteiger partial charge in [-0.3, -0.25) is 0 Å². The van der Waals surface area contributed by atoms with Crippen LogP contribution in [0.1, 0.15) is 56.3 Å². The Hall–Kier alpha value is -3.03. The van der Waals surface area contributed by atoms with Crippen molar-refractivity contribution < 1.29 is 9.59 Å². The first-order valence-electron chi connectivity index (χ1n) is 11.8. The number of nitrogens with one attached hydrogen (secondary N) is 3. The number of nitrogens with zero attached hydrogens (tertiary/aromatic N) is 3. The Labute approximate surface area is 189 Å². The van der Waals surface area contributed by atoms with E-state index >= 15 is 0 Å². The number of hydrogen-bond donors (Lipinski definition) is 3. The van der Waals surface area contributed by atoms with Gasteiger partial charge in [-0.2, -0.15) is 5.10 Å². The van der Waals surface area contributed by atoms with Gasteiger partial charge in [0.25, 0.3) is 0 Å². The number of urea groups is 2. The Bertz CT molecular complexity index is 942. The van der Waals surface area contributed by atoms with Gasteiger partial charge in [0.05, 0.1) is 17.1 Å². The molecule has 1 aliphatic heterocycles. The Kier molecular flexibility index (Phi) is 6.97. The third-order valence-corrected chi connectivity index (χ3v) is 6.44. The SMILES string of the molecule is Cc1cc(C)n(-c2ccccc2NC(=O)N2CCC(NC(=O)NC3CCCCC3)CC2)n1. The van der Waals surface area contributed by atoms with Crippen molar-refractivity contribution in [2.75, 3.05) is 18.4 Å². The van der Waals surface area contributed by atoms with Crippen LogP contribution in [-0.4, -0.2) is 51.9 Å². The summed E-state index contributed by atoms with van der Waals surface area (Å²) in [6.45, 7) is 5.18. The molecule has 1 aliphatic carbocycles. The first kappa shape index (κ1) is 22.2. The van der Waals surface area contributed by atoms with Crippen LogP contribution in [0.25, 0.3) is 5.69 Å². The van der Waals surface area contributed by atoms with E-state index in [9.17, 15) is 9.59 Å². The first-order chi connectivity index (χ1) is 15.5. The average molecular weight is 439 g/mol. The maximum absolute atomic E-state index is 12.9. The van der Waals surface area contributed by atoms with Crippen LogP contribution >= 0.6 is 0 Å². The largest absolute Gasteiger partial charge is 0.335 e. The molecule has 32 heavy (non-hydrogen) atoms. The van der Waals surface area contributed by atoms with Crippen molar-refractivity contribution >= 4 is 17.7 Å². The van der Waals surface area contributed by atoms with Crippen molar-refractivity contribution in [1.29, 1.82) is 0 Å². The highest BCUT2D eigenvalue weighted by Crippen LogP contribution is 2.23. The summed E-state index contributed by atoms with van der Waals surface area (Å²) in [4.78, 5) is 27.0. The number of benzene rings is 1. The Balaban J connectivity index is 1.29. The predicted octanol–water partition coefficient (Wildman–Crippen LogP) is 4.12. The van der Waals surface area contributed by atoms with Gasteiger partial charge in [-0.1, -0.05) is 31.4 Å². The monoisotopic (exact) mass is 438 g/mol. The number of rotatable bonds is 4. The van der Waals surface area contributed by atoms with Crippen LogP contribution in [0.3, 0.4) is 0 Å². The van der Waals surface area contributed by atoms with Crippen LogP contribution in [0, 0.1) is 13.8 Å². The summed E-state index contributed by atoms with van der Waals surface area (Å²) in [5.74, 6) is 0. The molecular formula is C24H34N6O2. The number of aromatic nitrogens is 2. The first-order valence-corrected chi connectivity index (χ1v) is 11.8. The quantitative estimate of drug-likeness (QED) is 0.671. The summed E-state index contributed by atoms with van der Waals surface area (Å²) in [5.41, 5.74) is 3.53. The van der Waals surface area contributed by atoms with Gasteiger partial charge in [0.15, 0.2) is 0 Å². The Morgan fingerprint density at radius 3 is 2.25 bits per heavy atom. The number of amides is 4. The molecule has 0 atom stereocenters. The minimum absolute atomic E-state index is 0.0707. The zero-order chi connectivity index (χ0) is 22.5. The maximum atomic E-state index is 12.9. The molecule has 0 spiro atoms. The fraction of sp³-hybridized carbons (Fsp3) is 0.542. The fourth-order valence-corrected chi connectivity index (χ4v) is 4.72. The van der Waals surface area contributed by atoms with Gasteiger partial charge in [0, 0.05) is 30.9 Å². The molecule has 1 aromatic heterocycles. The highest BCUT2D eigenvalue weighted by atomic mass is 16.2. The van der Waals surface area contributed by atoms with E-state index in [4.69, 9.17) is 0 Å². The molecule has 1 saturated carbocycles. The minimum atomic E-state index is -0.121. The molecule has 2 aromatic rings. The highest BCUT2D eigenvalue weighted by molar-refractivity contribution is 5.91. The highest BCUT2D eigenvalue weighted by Gasteiger charge is 2.25. The van der Waals surface area contributed by atoms with Crippen LogP contribution in [0.4, 0.5) is 15.3 Å². The molecule has 1 aromatic carbocycles. The Morgan fingerprint density at radius 2 is 1.59 bits per heavy atom. The zero-order valence-electron chi connectivity index (χ0n) is 19.1. The van der Waals surface area contributed by atoms with Gasteiger partial charge in [-0.05, 0) is 57.7 Å². The molecule has 0 unspecified atom stereocenters. The molecule has 2 fully saturated rings. The van der Waals surface area contributed by atoms with E-state index in [1.54, 1.807) is 0 Å². The number of hydrogen-bond acceptors (Lipinski definition) is 3. The topological polar surface area (TPSA) is 91.3 Å². The number of likely N-dealkylation sites (tertiary alicyclic amines) is 1. The lowest BCUT2D eigenvalue weighted by Gasteiger charge is -2.33. The van der Waals surface area contributed by atoms with E-state index in [1.165, 1.54) is 19.3 Å². The molecule has 0 bridgehead atoms. The van der Waals surface area contributed by atoms with Crippen molar-refractivity contribution in [3.63, 3.8) is 0 Å². The van der Waals surface area contributed by atoms with E-state index in [1.807, 2.05) is 53.8 Å². The van der Waals surface area contributed by atoms with Crippen LogP contribution in [0.5, 0.6) is 0 Å². The van der Waals surface area contributed by atoms with E-state index in [2.05, 4.69) is 21.0 Å². The lowest BCUT2D eigenvalue weighted by molar-refractivity contribution is 0.186. The summed E-state index contributed by atoms with van der Waals surface area (Å²) in [7, 11) is 0. The van der Waals surface area contributed by atoms with Crippen LogP contribution in [-0.2, 0) is 0 Å². The van der Waals surface area contributed by atoms with Gasteiger partial charge in [-0.25, -0.2) is 14.3 Å². The van der Waals surface area contributed by atoms with E-state index in [0.29, 0.717) is 19.1 Å². The number of piperidine rings is 1. The fourth-order valence-electron chi connectivity index (χ4n) is 4.72. The lowest BCUT2D eigenvalue weighted by atomic mass is 9.96. The van der Waals surface area contributed by atoms with Gasteiger partial charge < -0.3 is 20.9 Å². The van der Waals surface area contributed by atoms with Crippen molar-refractivity contribution in [3.05, 3.63) is 41.7 Å². The molecule has 1 saturated heterocycles. The van der Waals surface area contributed by atoms with Crippen LogP contribution < -0.4 is 16.0 Å². The maximum Gasteiger partial charge on any atom is 0.321 e. The minimum Gasteiger partial charge on any atom is -0.335 e. The molecular weight excluding hydrogens is 404 g/mol. The molecule has 2 aliphatic rings. The van der Waals surface area contributed by atoms with Crippen molar-refractivity contribution in [3.8, 4) is 5.69 Å². The van der Waals surface area contributed by atoms with Crippen LogP contribution in [0.15, 0.2) is 30.3 Å². The van der Waals surface area contributed by atoms with E-state index < -0.39 is 0 Å². The second kappa shape index (κ2) is 10.1. The third-order valence-electron chi connectivity index (χ3n) is 6.44. The van der Waals surface area contributed by atoms with Crippen molar-refractivity contribution in [1.82, 2.24) is 25.3 Å². The van der Waals surface area contributed by atoms with E-state index in [-0.39, 0.29) is 18.1 Å². The van der Waals surface area contributed by atoms with E-state index in [0.717, 1.165) is 48.4 Å². The third kappa shape index (κ3) is 5.41. The molecule has 8 heteroatoms. The standard InChI is InChI=1S/C24H34N6O2/c1-17-16-18(2)30(28-17)22-11-7-6-10-21(22)27-24(32)29-14-12-20(13-15-29)26-23(31)25-19-8-4-3-5-9-19/h6-7,10-11,16,19-20H,3-5,8-9,12-15H2,1-2H3,(H,27,32)(H2,25,26,31). The zero-order valence-corrected chi connectivity index (χ0v) is 19.1. The summed E-state index contributed by atoms with van der Waals surface area (Å²) in [6.07, 6.45) is 7.32. The number of anilines is 1. The van der Waals surface area contributed by atoms with Crippen LogP contribution in [0.2, 0.25) is 0 Å². The average Bonchev–Trinajstić information content (AvgIpc) is 3.13. The molecule has 2 heterocycles. The second-order valence-corrected chi connectivity index (χ2v) is 9.00. The number of aryl methyl sites for hydroxylation is 2. The molecule has 3 N–H and O–H groups in total. The van der Waals surface area contributed by atoms with Gasteiger partial charge in [0.2, 0.25) is 0 Å². The van der Waals surface area contributed by atoms with Gasteiger partial charge in [0.1, 0.15) is 0 Å². The second-order valence-electron chi connectivity index (χ2n) is 9.00. The van der Waals surface area contributed by atoms with Crippen molar-refractivity contribution in [2.24, 2.45) is 0 Å². The molecule has 0 radical (unpaired) electrons. The molecule has 172 valence electrons. The van der Waals surface area contributed by atoms with Gasteiger partial charge in [-0.15, -0.1) is 0 Å². The predicted molar refractivity (Wildman–Crippen MR) is 125 cm³/mol. The number of para-hydroxylation sites is 2. The number of carbonyl (C=O) groups excluding carboxylic acids is 2. The summed E-state index contributed by atoms with van der Waals surface area (Å²) in [6, 6.07) is 9.93.